The summed E-state index contributed by atoms with van der Waals surface area (Å²) in [5, 5.41) is -0.456. The molecule has 0 saturated carbocycles. The highest BCUT2D eigenvalue weighted by atomic mass is 35.7. The molecule has 0 spiro atoms. The van der Waals surface area contributed by atoms with E-state index in [1.807, 2.05) is 13.1 Å². The first kappa shape index (κ1) is 11.3. The number of hydrogen-bond donors (Lipinski definition) is 0. The maximum Gasteiger partial charge on any atom is 0.291 e. The van der Waals surface area contributed by atoms with E-state index in [4.69, 9.17) is 38.2 Å². The van der Waals surface area contributed by atoms with E-state index in [0.717, 1.165) is 0 Å². The average Bonchev–Trinajstić information content (AvgIpc) is 1.60. The fraction of sp³-hybridized carbons (Fsp3) is 1.00. The summed E-state index contributed by atoms with van der Waals surface area (Å²) < 4.78 is 5.32. The third-order valence-electron chi connectivity index (χ3n) is 0.790. The van der Waals surface area contributed by atoms with Crippen LogP contribution in [0.4, 0.5) is 0 Å². The van der Waals surface area contributed by atoms with Gasteiger partial charge in [0, 0.05) is 0 Å². The van der Waals surface area contributed by atoms with E-state index in [1.54, 1.807) is 6.55 Å². The minimum atomic E-state index is -2.30. The zero-order valence-electron chi connectivity index (χ0n) is 6.20. The van der Waals surface area contributed by atoms with Crippen molar-refractivity contribution in [3.63, 3.8) is 0 Å². The van der Waals surface area contributed by atoms with Crippen LogP contribution < -0.4 is 0 Å². The molecule has 0 radical (unpaired) electrons. The van der Waals surface area contributed by atoms with Crippen LogP contribution in [0, 0.1) is 0 Å². The third-order valence-corrected chi connectivity index (χ3v) is 6.26. The Morgan fingerprint density at radius 3 is 1.90 bits per heavy atom. The first-order chi connectivity index (χ1) is 4.34. The molecule has 1 unspecified atom stereocenters. The topological polar surface area (TPSA) is 9.23 Å². The van der Waals surface area contributed by atoms with E-state index in [9.17, 15) is 0 Å². The van der Waals surface area contributed by atoms with Crippen LogP contribution in [0.15, 0.2) is 0 Å². The standard InChI is InChI=1S/C4H11Cl3OSi2/c1-9(2)8-4(5)10(3,6)7/h4,9H,1-3H3. The van der Waals surface area contributed by atoms with Gasteiger partial charge in [-0.3, -0.25) is 0 Å². The van der Waals surface area contributed by atoms with Crippen LogP contribution in [0.3, 0.4) is 0 Å². The van der Waals surface area contributed by atoms with E-state index in [2.05, 4.69) is 0 Å². The fourth-order valence-electron chi connectivity index (χ4n) is 0.358. The molecular weight excluding hydrogens is 227 g/mol. The summed E-state index contributed by atoms with van der Waals surface area (Å²) in [6.07, 6.45) is 0. The maximum absolute atomic E-state index is 5.80. The fourth-order valence-corrected chi connectivity index (χ4v) is 4.15. The lowest BCUT2D eigenvalue weighted by molar-refractivity contribution is 0.359. The van der Waals surface area contributed by atoms with Gasteiger partial charge in [-0.25, -0.2) is 0 Å². The summed E-state index contributed by atoms with van der Waals surface area (Å²) in [7, 11) is -1.09. The van der Waals surface area contributed by atoms with Gasteiger partial charge in [0.1, 0.15) is 5.19 Å². The molecule has 0 aromatic carbocycles. The lowest BCUT2D eigenvalue weighted by Gasteiger charge is -2.20. The van der Waals surface area contributed by atoms with Crippen LogP contribution in [0.25, 0.3) is 0 Å². The molecule has 0 amide bonds. The Balaban J connectivity index is 3.73. The van der Waals surface area contributed by atoms with Crippen LogP contribution in [0.2, 0.25) is 19.6 Å². The zero-order chi connectivity index (χ0) is 8.36. The van der Waals surface area contributed by atoms with Crippen molar-refractivity contribution in [3.8, 4) is 0 Å². The summed E-state index contributed by atoms with van der Waals surface area (Å²) in [6, 6.07) is 0. The van der Waals surface area contributed by atoms with E-state index in [-0.39, 0.29) is 0 Å². The Kier molecular flexibility index (Phi) is 4.88. The highest BCUT2D eigenvalue weighted by Crippen LogP contribution is 2.24. The minimum absolute atomic E-state index is 0.456. The van der Waals surface area contributed by atoms with Crippen molar-refractivity contribution >= 4 is 49.5 Å². The van der Waals surface area contributed by atoms with Gasteiger partial charge in [0.05, 0.1) is 0 Å². The molecule has 6 heteroatoms. The molecule has 0 aromatic rings. The molecule has 1 nitrogen and oxygen atoms in total. The van der Waals surface area contributed by atoms with E-state index >= 15 is 0 Å². The molecule has 0 bridgehead atoms. The molecule has 62 valence electrons. The first-order valence-electron chi connectivity index (χ1n) is 3.01. The zero-order valence-corrected chi connectivity index (χ0v) is 10.6. The third kappa shape index (κ3) is 4.99. The molecule has 0 aliphatic carbocycles. The van der Waals surface area contributed by atoms with Crippen LogP contribution in [-0.4, -0.2) is 20.9 Å². The van der Waals surface area contributed by atoms with E-state index < -0.39 is 20.9 Å². The Bertz CT molecular complexity index is 103. The monoisotopic (exact) mass is 236 g/mol. The highest BCUT2D eigenvalue weighted by molar-refractivity contribution is 7.46. The van der Waals surface area contributed by atoms with Crippen molar-refractivity contribution in [3.05, 3.63) is 0 Å². The van der Waals surface area contributed by atoms with Gasteiger partial charge in [0.2, 0.25) is 0 Å². The Morgan fingerprint density at radius 2 is 1.80 bits per heavy atom. The molecule has 10 heavy (non-hydrogen) atoms. The Morgan fingerprint density at radius 1 is 1.40 bits per heavy atom. The lowest BCUT2D eigenvalue weighted by Crippen LogP contribution is -2.34. The van der Waals surface area contributed by atoms with Gasteiger partial charge >= 0.3 is 0 Å². The van der Waals surface area contributed by atoms with Gasteiger partial charge in [-0.15, -0.1) is 22.2 Å². The summed E-state index contributed by atoms with van der Waals surface area (Å²) in [4.78, 5) is 0. The Hall–Kier alpha value is 1.26. The molecule has 0 fully saturated rings. The van der Waals surface area contributed by atoms with Gasteiger partial charge in [-0.2, -0.15) is 0 Å². The predicted molar refractivity (Wildman–Crippen MR) is 52.9 cm³/mol. The van der Waals surface area contributed by atoms with E-state index in [1.165, 1.54) is 0 Å². The largest absolute Gasteiger partial charge is 0.405 e. The lowest BCUT2D eigenvalue weighted by atomic mass is 11.7. The van der Waals surface area contributed by atoms with Crippen LogP contribution >= 0.6 is 33.8 Å². The average molecular weight is 238 g/mol. The van der Waals surface area contributed by atoms with Crippen LogP contribution in [-0.2, 0) is 4.43 Å². The molecule has 0 aliphatic rings. The second-order valence-electron chi connectivity index (χ2n) is 2.46. The maximum atomic E-state index is 5.80. The van der Waals surface area contributed by atoms with Gasteiger partial charge in [0.25, 0.3) is 6.69 Å². The molecule has 0 aromatic heterocycles. The summed E-state index contributed by atoms with van der Waals surface area (Å²) in [5.74, 6) is 0. The van der Waals surface area contributed by atoms with Crippen molar-refractivity contribution in [2.75, 3.05) is 0 Å². The smallest absolute Gasteiger partial charge is 0.291 e. The van der Waals surface area contributed by atoms with E-state index in [0.29, 0.717) is 0 Å². The molecule has 1 atom stereocenters. The van der Waals surface area contributed by atoms with Crippen molar-refractivity contribution in [1.82, 2.24) is 0 Å². The normalized spacial score (nSPS) is 15.9. The summed E-state index contributed by atoms with van der Waals surface area (Å²) >= 11 is 17.4. The molecular formula is C4H11Cl3OSi2. The van der Waals surface area contributed by atoms with Crippen molar-refractivity contribution in [1.29, 1.82) is 0 Å². The quantitative estimate of drug-likeness (QED) is 0.417. The molecule has 0 heterocycles. The van der Waals surface area contributed by atoms with Gasteiger partial charge < -0.3 is 4.43 Å². The second-order valence-corrected chi connectivity index (χ2v) is 13.3. The number of hydrogen-bond acceptors (Lipinski definition) is 1. The van der Waals surface area contributed by atoms with Gasteiger partial charge in [0.15, 0.2) is 9.04 Å². The Labute approximate surface area is 78.8 Å². The molecule has 0 rings (SSSR count). The van der Waals surface area contributed by atoms with Crippen LogP contribution in [0.5, 0.6) is 0 Å². The SMILES string of the molecule is C[SiH](C)OC(Cl)[Si](C)(Cl)Cl. The van der Waals surface area contributed by atoms with Crippen molar-refractivity contribution < 1.29 is 4.43 Å². The minimum Gasteiger partial charge on any atom is -0.405 e. The highest BCUT2D eigenvalue weighted by Gasteiger charge is 2.33. The number of alkyl halides is 1. The predicted octanol–water partition coefficient (Wildman–Crippen LogP) is 2.64. The molecule has 0 N–H and O–H groups in total. The first-order valence-corrected chi connectivity index (χ1v) is 10.8. The summed E-state index contributed by atoms with van der Waals surface area (Å²) in [6.45, 7) is 3.52. The number of halogens is 3. The number of rotatable bonds is 3. The van der Waals surface area contributed by atoms with Crippen LogP contribution in [0.1, 0.15) is 0 Å². The van der Waals surface area contributed by atoms with Gasteiger partial charge in [-0.1, -0.05) is 11.6 Å². The van der Waals surface area contributed by atoms with Crippen molar-refractivity contribution in [2.24, 2.45) is 0 Å². The molecule has 0 aliphatic heterocycles. The van der Waals surface area contributed by atoms with Gasteiger partial charge in [-0.05, 0) is 19.6 Å². The molecule has 0 saturated heterocycles. The summed E-state index contributed by atoms with van der Waals surface area (Å²) in [5.41, 5.74) is 0. The second kappa shape index (κ2) is 4.33. The van der Waals surface area contributed by atoms with Crippen molar-refractivity contribution in [2.45, 2.75) is 24.8 Å².